The van der Waals surface area contributed by atoms with Gasteiger partial charge in [-0.2, -0.15) is 5.26 Å². The molecule has 0 bridgehead atoms. The third kappa shape index (κ3) is 6.36. The number of carbonyl (C=O) groups is 1. The largest absolute Gasteiger partial charge is 0.487 e. The number of rotatable bonds is 6. The maximum atomic E-state index is 12.4. The molecule has 31 heavy (non-hydrogen) atoms. The molecule has 0 aromatic heterocycles. The zero-order valence-electron chi connectivity index (χ0n) is 17.1. The van der Waals surface area contributed by atoms with E-state index in [-0.39, 0.29) is 5.57 Å². The van der Waals surface area contributed by atoms with Crippen molar-refractivity contribution in [3.8, 4) is 11.8 Å². The van der Waals surface area contributed by atoms with Gasteiger partial charge in [-0.3, -0.25) is 4.79 Å². The molecule has 0 spiro atoms. The Labute approximate surface area is 191 Å². The number of hydrogen-bond donors (Lipinski definition) is 1. The van der Waals surface area contributed by atoms with Crippen LogP contribution in [0.5, 0.6) is 5.75 Å². The maximum absolute atomic E-state index is 12.4. The Morgan fingerprint density at radius 1 is 1.06 bits per heavy atom. The summed E-state index contributed by atoms with van der Waals surface area (Å²) in [5, 5.41) is 12.9. The van der Waals surface area contributed by atoms with E-state index in [1.807, 2.05) is 19.9 Å². The summed E-state index contributed by atoms with van der Waals surface area (Å²) in [6.07, 6.45) is 1.47. The lowest BCUT2D eigenvalue weighted by Crippen LogP contribution is -2.13. The Kier molecular flexibility index (Phi) is 7.36. The number of nitriles is 1. The van der Waals surface area contributed by atoms with Gasteiger partial charge < -0.3 is 10.1 Å². The van der Waals surface area contributed by atoms with E-state index in [1.165, 1.54) is 17.2 Å². The van der Waals surface area contributed by atoms with E-state index in [4.69, 9.17) is 27.9 Å². The predicted molar refractivity (Wildman–Crippen MR) is 125 cm³/mol. The lowest BCUT2D eigenvalue weighted by molar-refractivity contribution is -0.112. The van der Waals surface area contributed by atoms with Gasteiger partial charge in [-0.1, -0.05) is 64.7 Å². The normalized spacial score (nSPS) is 11.0. The SMILES string of the molecule is Cc1cc(C)cc(COc2ccc(/C=C(\C#N)C(=O)Nc3cccc(Cl)c3)cc2Cl)c1. The molecule has 0 unspecified atom stereocenters. The number of amides is 1. The highest BCUT2D eigenvalue weighted by atomic mass is 35.5. The first kappa shape index (κ1) is 22.4. The van der Waals surface area contributed by atoms with Crippen LogP contribution in [0.25, 0.3) is 6.08 Å². The van der Waals surface area contributed by atoms with Crippen LogP contribution in [0, 0.1) is 25.2 Å². The molecule has 4 nitrogen and oxygen atoms in total. The molecule has 0 aliphatic heterocycles. The number of ether oxygens (including phenoxy) is 1. The molecule has 0 aliphatic rings. The summed E-state index contributed by atoms with van der Waals surface area (Å²) < 4.78 is 5.85. The molecule has 0 radical (unpaired) electrons. The fourth-order valence-corrected chi connectivity index (χ4v) is 3.55. The molecule has 0 atom stereocenters. The third-order valence-corrected chi connectivity index (χ3v) is 4.92. The maximum Gasteiger partial charge on any atom is 0.266 e. The zero-order valence-corrected chi connectivity index (χ0v) is 18.6. The molecule has 3 aromatic rings. The number of halogens is 2. The number of aryl methyl sites for hydroxylation is 2. The van der Waals surface area contributed by atoms with Gasteiger partial charge in [-0.15, -0.1) is 0 Å². The van der Waals surface area contributed by atoms with E-state index in [0.29, 0.717) is 33.7 Å². The summed E-state index contributed by atoms with van der Waals surface area (Å²) in [6.45, 7) is 4.47. The third-order valence-electron chi connectivity index (χ3n) is 4.39. The number of nitrogens with one attached hydrogen (secondary N) is 1. The van der Waals surface area contributed by atoms with Crippen molar-refractivity contribution in [2.45, 2.75) is 20.5 Å². The smallest absolute Gasteiger partial charge is 0.266 e. The van der Waals surface area contributed by atoms with Crippen LogP contribution in [0.1, 0.15) is 22.3 Å². The van der Waals surface area contributed by atoms with E-state index in [2.05, 4.69) is 23.5 Å². The van der Waals surface area contributed by atoms with Gasteiger partial charge in [0, 0.05) is 10.7 Å². The van der Waals surface area contributed by atoms with Gasteiger partial charge in [0.15, 0.2) is 0 Å². The Balaban J connectivity index is 1.72. The highest BCUT2D eigenvalue weighted by Crippen LogP contribution is 2.27. The second kappa shape index (κ2) is 10.2. The molecule has 3 rings (SSSR count). The van der Waals surface area contributed by atoms with Crippen molar-refractivity contribution >= 4 is 40.9 Å². The van der Waals surface area contributed by atoms with Gasteiger partial charge in [0.1, 0.15) is 24.0 Å². The van der Waals surface area contributed by atoms with Gasteiger partial charge in [0.2, 0.25) is 0 Å². The molecule has 3 aromatic carbocycles. The van der Waals surface area contributed by atoms with Gasteiger partial charge in [0.25, 0.3) is 5.91 Å². The van der Waals surface area contributed by atoms with E-state index in [9.17, 15) is 10.1 Å². The summed E-state index contributed by atoms with van der Waals surface area (Å²) in [5.41, 5.74) is 4.46. The first-order chi connectivity index (χ1) is 14.8. The molecule has 156 valence electrons. The van der Waals surface area contributed by atoms with E-state index in [1.54, 1.807) is 42.5 Å². The van der Waals surface area contributed by atoms with Crippen molar-refractivity contribution in [2.75, 3.05) is 5.32 Å². The van der Waals surface area contributed by atoms with Crippen LogP contribution in [0.15, 0.2) is 66.2 Å². The minimum Gasteiger partial charge on any atom is -0.487 e. The van der Waals surface area contributed by atoms with Crippen molar-refractivity contribution in [2.24, 2.45) is 0 Å². The van der Waals surface area contributed by atoms with Crippen molar-refractivity contribution in [1.29, 1.82) is 5.26 Å². The Hall–Kier alpha value is -3.26. The number of anilines is 1. The van der Waals surface area contributed by atoms with Crippen molar-refractivity contribution in [1.82, 2.24) is 0 Å². The Morgan fingerprint density at radius 2 is 1.81 bits per heavy atom. The van der Waals surface area contributed by atoms with Gasteiger partial charge in [0.05, 0.1) is 5.02 Å². The fourth-order valence-electron chi connectivity index (χ4n) is 3.12. The van der Waals surface area contributed by atoms with E-state index < -0.39 is 5.91 Å². The predicted octanol–water partition coefficient (Wildman–Crippen LogP) is 6.73. The zero-order chi connectivity index (χ0) is 22.4. The van der Waals surface area contributed by atoms with Crippen LogP contribution in [0.2, 0.25) is 10.0 Å². The van der Waals surface area contributed by atoms with Crippen LogP contribution < -0.4 is 10.1 Å². The second-order valence-corrected chi connectivity index (χ2v) is 7.95. The minimum atomic E-state index is -0.531. The molecule has 0 fully saturated rings. The van der Waals surface area contributed by atoms with Crippen LogP contribution in [0.3, 0.4) is 0 Å². The summed E-state index contributed by atoms with van der Waals surface area (Å²) >= 11 is 12.3. The molecule has 0 aliphatic carbocycles. The van der Waals surface area contributed by atoms with E-state index >= 15 is 0 Å². The summed E-state index contributed by atoms with van der Waals surface area (Å²) in [4.78, 5) is 12.4. The lowest BCUT2D eigenvalue weighted by atomic mass is 10.1. The number of benzene rings is 3. The highest BCUT2D eigenvalue weighted by Gasteiger charge is 2.11. The van der Waals surface area contributed by atoms with Crippen LogP contribution >= 0.6 is 23.2 Å². The summed E-state index contributed by atoms with van der Waals surface area (Å²) in [7, 11) is 0. The van der Waals surface area contributed by atoms with E-state index in [0.717, 1.165) is 5.56 Å². The quantitative estimate of drug-likeness (QED) is 0.334. The van der Waals surface area contributed by atoms with Crippen molar-refractivity contribution < 1.29 is 9.53 Å². The van der Waals surface area contributed by atoms with Gasteiger partial charge in [-0.25, -0.2) is 0 Å². The summed E-state index contributed by atoms with van der Waals surface area (Å²) in [6, 6.07) is 20.0. The van der Waals surface area contributed by atoms with Crippen LogP contribution in [-0.4, -0.2) is 5.91 Å². The molecule has 0 heterocycles. The monoisotopic (exact) mass is 450 g/mol. The first-order valence-electron chi connectivity index (χ1n) is 9.52. The van der Waals surface area contributed by atoms with Gasteiger partial charge >= 0.3 is 0 Å². The summed E-state index contributed by atoms with van der Waals surface area (Å²) in [5.74, 6) is -0.00380. The first-order valence-corrected chi connectivity index (χ1v) is 10.3. The lowest BCUT2D eigenvalue weighted by Gasteiger charge is -2.10. The van der Waals surface area contributed by atoms with Gasteiger partial charge in [-0.05, 0) is 61.4 Å². The molecule has 1 N–H and O–H groups in total. The number of nitrogens with zero attached hydrogens (tertiary/aromatic N) is 1. The molecular formula is C25H20Cl2N2O2. The Bertz CT molecular complexity index is 1180. The molecule has 0 saturated heterocycles. The molecular weight excluding hydrogens is 431 g/mol. The second-order valence-electron chi connectivity index (χ2n) is 7.11. The topological polar surface area (TPSA) is 62.1 Å². The molecule has 0 saturated carbocycles. The fraction of sp³-hybridized carbons (Fsp3) is 0.120. The number of carbonyl (C=O) groups excluding carboxylic acids is 1. The van der Waals surface area contributed by atoms with Crippen molar-refractivity contribution in [3.05, 3.63) is 98.5 Å². The molecule has 6 heteroatoms. The van der Waals surface area contributed by atoms with Crippen LogP contribution in [0.4, 0.5) is 5.69 Å². The standard InChI is InChI=1S/C25H20Cl2N2O2/c1-16-8-17(2)10-19(9-16)15-31-24-7-6-18(12-23(24)27)11-20(14-28)25(30)29-22-5-3-4-21(26)13-22/h3-13H,15H2,1-2H3,(H,29,30)/b20-11+. The Morgan fingerprint density at radius 3 is 2.45 bits per heavy atom. The van der Waals surface area contributed by atoms with Crippen molar-refractivity contribution in [3.63, 3.8) is 0 Å². The average molecular weight is 451 g/mol. The molecule has 1 amide bonds. The highest BCUT2D eigenvalue weighted by molar-refractivity contribution is 6.32. The van der Waals surface area contributed by atoms with Crippen LogP contribution in [-0.2, 0) is 11.4 Å². The number of hydrogen-bond acceptors (Lipinski definition) is 3. The average Bonchev–Trinajstić information content (AvgIpc) is 2.70. The minimum absolute atomic E-state index is 0.0556.